The summed E-state index contributed by atoms with van der Waals surface area (Å²) < 4.78 is 34.4. The van der Waals surface area contributed by atoms with Gasteiger partial charge in [-0.3, -0.25) is 9.10 Å². The Morgan fingerprint density at radius 2 is 1.74 bits per heavy atom. The molecule has 1 aliphatic heterocycles. The number of ether oxygens (including phenoxy) is 1. The molecule has 1 N–H and O–H groups in total. The number of sulfonamides is 1. The number of benzene rings is 3. The van der Waals surface area contributed by atoms with Crippen LogP contribution in [0.4, 0.5) is 5.69 Å². The highest BCUT2D eigenvalue weighted by Gasteiger charge is 2.40. The van der Waals surface area contributed by atoms with Gasteiger partial charge in [0.15, 0.2) is 4.91 Å². The molecule has 0 spiro atoms. The van der Waals surface area contributed by atoms with Gasteiger partial charge in [-0.1, -0.05) is 48.0 Å². The van der Waals surface area contributed by atoms with Gasteiger partial charge in [0.05, 0.1) is 12.2 Å². The van der Waals surface area contributed by atoms with Crippen LogP contribution in [0.1, 0.15) is 29.2 Å². The van der Waals surface area contributed by atoms with Gasteiger partial charge in [0.25, 0.3) is 15.9 Å². The largest absolute Gasteiger partial charge is 0.492 e. The minimum absolute atomic E-state index is 0.140. The topological polar surface area (TPSA) is 75.7 Å². The van der Waals surface area contributed by atoms with Gasteiger partial charge in [-0.25, -0.2) is 8.42 Å². The highest BCUT2D eigenvalue weighted by atomic mass is 35.5. The van der Waals surface area contributed by atoms with Gasteiger partial charge in [-0.15, -0.1) is 0 Å². The number of fused-ring (bicyclic) bond motifs is 1. The first-order valence-electron chi connectivity index (χ1n) is 11.3. The number of amides is 1. The van der Waals surface area contributed by atoms with Gasteiger partial charge < -0.3 is 10.1 Å². The Balaban J connectivity index is 1.69. The summed E-state index contributed by atoms with van der Waals surface area (Å²) in [5.41, 5.74) is 4.30. The predicted molar refractivity (Wildman–Crippen MR) is 140 cm³/mol. The molecule has 0 saturated heterocycles. The molecule has 0 bridgehead atoms. The molecule has 3 aromatic rings. The molecule has 0 unspecified atom stereocenters. The Labute approximate surface area is 211 Å². The van der Waals surface area contributed by atoms with Crippen LogP contribution in [0.15, 0.2) is 71.6 Å². The normalized spacial score (nSPS) is 14.5. The monoisotopic (exact) mass is 510 g/mol. The summed E-state index contributed by atoms with van der Waals surface area (Å²) in [6, 6.07) is 19.8. The van der Waals surface area contributed by atoms with Crippen molar-refractivity contribution in [1.29, 1.82) is 0 Å². The fourth-order valence-electron chi connectivity index (χ4n) is 4.10. The SMILES string of the molecule is CCN1c2ccc(Cl)cc2C(c2ccccc2)=C(C(=O)NCCOc2ccc(C)c(C)c2)S1(=O)=O. The van der Waals surface area contributed by atoms with Gasteiger partial charge in [0.1, 0.15) is 12.4 Å². The molecular weight excluding hydrogens is 484 g/mol. The number of rotatable bonds is 7. The Kier molecular flexibility index (Phi) is 7.19. The Bertz CT molecular complexity index is 1400. The number of hydrogen-bond acceptors (Lipinski definition) is 4. The van der Waals surface area contributed by atoms with E-state index in [1.165, 1.54) is 4.31 Å². The second-order valence-electron chi connectivity index (χ2n) is 8.25. The van der Waals surface area contributed by atoms with Gasteiger partial charge in [0, 0.05) is 22.7 Å². The van der Waals surface area contributed by atoms with E-state index in [4.69, 9.17) is 16.3 Å². The van der Waals surface area contributed by atoms with Crippen LogP contribution in [0.25, 0.3) is 5.57 Å². The Morgan fingerprint density at radius 1 is 1.00 bits per heavy atom. The number of carbonyl (C=O) groups is 1. The number of nitrogens with one attached hydrogen (secondary N) is 1. The first-order chi connectivity index (χ1) is 16.7. The maximum atomic E-state index is 13.7. The fourth-order valence-corrected chi connectivity index (χ4v) is 6.04. The zero-order chi connectivity index (χ0) is 25.2. The van der Waals surface area contributed by atoms with E-state index in [-0.39, 0.29) is 24.6 Å². The van der Waals surface area contributed by atoms with E-state index in [1.54, 1.807) is 49.4 Å². The second kappa shape index (κ2) is 10.1. The first-order valence-corrected chi connectivity index (χ1v) is 13.2. The molecule has 35 heavy (non-hydrogen) atoms. The van der Waals surface area contributed by atoms with Gasteiger partial charge in [0.2, 0.25) is 0 Å². The summed E-state index contributed by atoms with van der Waals surface area (Å²) >= 11 is 6.29. The second-order valence-corrected chi connectivity index (χ2v) is 10.5. The third kappa shape index (κ3) is 4.92. The van der Waals surface area contributed by atoms with Gasteiger partial charge >= 0.3 is 0 Å². The lowest BCUT2D eigenvalue weighted by Gasteiger charge is -2.33. The molecule has 3 aromatic carbocycles. The number of halogens is 1. The number of aryl methyl sites for hydroxylation is 2. The van der Waals surface area contributed by atoms with Crippen LogP contribution in [-0.2, 0) is 14.8 Å². The van der Waals surface area contributed by atoms with Crippen LogP contribution in [0, 0.1) is 13.8 Å². The highest BCUT2D eigenvalue weighted by Crippen LogP contribution is 2.43. The van der Waals surface area contributed by atoms with E-state index in [9.17, 15) is 13.2 Å². The number of carbonyl (C=O) groups excluding carboxylic acids is 1. The summed E-state index contributed by atoms with van der Waals surface area (Å²) in [4.78, 5) is 13.1. The highest BCUT2D eigenvalue weighted by molar-refractivity contribution is 7.97. The zero-order valence-corrected chi connectivity index (χ0v) is 21.4. The first kappa shape index (κ1) is 24.8. The number of anilines is 1. The maximum Gasteiger partial charge on any atom is 0.270 e. The summed E-state index contributed by atoms with van der Waals surface area (Å²) in [6.07, 6.45) is 0. The van der Waals surface area contributed by atoms with Gasteiger partial charge in [-0.05, 0) is 67.8 Å². The maximum absolute atomic E-state index is 13.7. The van der Waals surface area contributed by atoms with Crippen molar-refractivity contribution in [3.05, 3.63) is 98.9 Å². The molecule has 0 radical (unpaired) electrons. The van der Waals surface area contributed by atoms with Crippen molar-refractivity contribution >= 4 is 38.8 Å². The lowest BCUT2D eigenvalue weighted by molar-refractivity contribution is -0.116. The van der Waals surface area contributed by atoms with Crippen molar-refractivity contribution in [2.75, 3.05) is 24.0 Å². The number of hydrogen-bond donors (Lipinski definition) is 1. The molecule has 0 aromatic heterocycles. The van der Waals surface area contributed by atoms with E-state index in [2.05, 4.69) is 5.32 Å². The minimum atomic E-state index is -4.12. The average molecular weight is 511 g/mol. The lowest BCUT2D eigenvalue weighted by Crippen LogP contribution is -2.42. The van der Waals surface area contributed by atoms with Gasteiger partial charge in [-0.2, -0.15) is 0 Å². The smallest absolute Gasteiger partial charge is 0.270 e. The molecule has 0 fully saturated rings. The molecule has 1 heterocycles. The van der Waals surface area contributed by atoms with Crippen molar-refractivity contribution in [2.45, 2.75) is 20.8 Å². The van der Waals surface area contributed by atoms with Crippen molar-refractivity contribution in [2.24, 2.45) is 0 Å². The van der Waals surface area contributed by atoms with E-state index in [0.717, 1.165) is 11.1 Å². The van der Waals surface area contributed by atoms with Crippen LogP contribution in [-0.4, -0.2) is 34.0 Å². The van der Waals surface area contributed by atoms with Crippen LogP contribution >= 0.6 is 11.6 Å². The predicted octanol–water partition coefficient (Wildman–Crippen LogP) is 5.08. The molecule has 6 nitrogen and oxygen atoms in total. The lowest BCUT2D eigenvalue weighted by atomic mass is 9.95. The summed E-state index contributed by atoms with van der Waals surface area (Å²) in [7, 11) is -4.12. The molecule has 182 valence electrons. The van der Waals surface area contributed by atoms with Crippen LogP contribution in [0.3, 0.4) is 0 Å². The molecule has 0 atom stereocenters. The molecule has 4 rings (SSSR count). The summed E-state index contributed by atoms with van der Waals surface area (Å²) in [5.74, 6) is 0.00849. The molecular formula is C27H27ClN2O4S. The van der Waals surface area contributed by atoms with E-state index in [1.807, 2.05) is 38.1 Å². The average Bonchev–Trinajstić information content (AvgIpc) is 2.83. The Morgan fingerprint density at radius 3 is 2.43 bits per heavy atom. The Hall–Kier alpha value is -3.29. The third-order valence-electron chi connectivity index (χ3n) is 5.96. The summed E-state index contributed by atoms with van der Waals surface area (Å²) in [5, 5.41) is 3.19. The zero-order valence-electron chi connectivity index (χ0n) is 19.8. The van der Waals surface area contributed by atoms with Crippen LogP contribution in [0.2, 0.25) is 5.02 Å². The van der Waals surface area contributed by atoms with E-state index in [0.29, 0.717) is 33.2 Å². The molecule has 1 aliphatic rings. The standard InChI is InChI=1S/C27H27ClN2O4S/c1-4-30-24-13-11-21(28)17-23(24)25(20-8-6-5-7-9-20)26(35(30,32)33)27(31)29-14-15-34-22-12-10-18(2)19(3)16-22/h5-13,16-17H,4,14-15H2,1-3H3,(H,29,31). The van der Waals surface area contributed by atoms with E-state index >= 15 is 0 Å². The molecule has 8 heteroatoms. The molecule has 0 saturated carbocycles. The third-order valence-corrected chi connectivity index (χ3v) is 8.14. The molecule has 1 amide bonds. The molecule has 0 aliphatic carbocycles. The van der Waals surface area contributed by atoms with Crippen molar-refractivity contribution in [3.8, 4) is 5.75 Å². The number of nitrogens with zero attached hydrogens (tertiary/aromatic N) is 1. The van der Waals surface area contributed by atoms with Crippen LogP contribution < -0.4 is 14.4 Å². The minimum Gasteiger partial charge on any atom is -0.492 e. The van der Waals surface area contributed by atoms with Crippen molar-refractivity contribution in [1.82, 2.24) is 5.32 Å². The fraction of sp³-hybridized carbons (Fsp3) is 0.222. The summed E-state index contributed by atoms with van der Waals surface area (Å²) in [6.45, 7) is 6.26. The quantitative estimate of drug-likeness (QED) is 0.450. The van der Waals surface area contributed by atoms with Crippen molar-refractivity contribution in [3.63, 3.8) is 0 Å². The van der Waals surface area contributed by atoms with Crippen LogP contribution in [0.5, 0.6) is 5.75 Å². The van der Waals surface area contributed by atoms with Crippen molar-refractivity contribution < 1.29 is 17.9 Å². The van der Waals surface area contributed by atoms with E-state index < -0.39 is 15.9 Å².